The van der Waals surface area contributed by atoms with Crippen LogP contribution in [0.2, 0.25) is 0 Å². The van der Waals surface area contributed by atoms with Crippen molar-refractivity contribution in [3.63, 3.8) is 0 Å². The Balaban J connectivity index is 1.88. The number of nitrogens with one attached hydrogen (secondary N) is 2. The Labute approximate surface area is 148 Å². The van der Waals surface area contributed by atoms with Crippen molar-refractivity contribution >= 4 is 17.5 Å². The van der Waals surface area contributed by atoms with Crippen molar-refractivity contribution < 1.29 is 27.5 Å². The number of anilines is 1. The highest BCUT2D eigenvalue weighted by molar-refractivity contribution is 5.95. The van der Waals surface area contributed by atoms with Gasteiger partial charge in [0.1, 0.15) is 5.75 Å². The van der Waals surface area contributed by atoms with E-state index in [1.54, 1.807) is 37.3 Å². The molecule has 0 bridgehead atoms. The Bertz CT molecular complexity index is 764. The van der Waals surface area contributed by atoms with Gasteiger partial charge in [0.25, 0.3) is 5.91 Å². The average molecular weight is 366 g/mol. The van der Waals surface area contributed by atoms with Gasteiger partial charge in [0, 0.05) is 29.8 Å². The van der Waals surface area contributed by atoms with Gasteiger partial charge in [-0.3, -0.25) is 9.59 Å². The molecule has 2 rings (SSSR count). The zero-order valence-electron chi connectivity index (χ0n) is 13.8. The average Bonchev–Trinajstić information content (AvgIpc) is 2.54. The first-order valence-electron chi connectivity index (χ1n) is 7.74. The molecule has 138 valence electrons. The van der Waals surface area contributed by atoms with E-state index < -0.39 is 24.1 Å². The minimum Gasteiger partial charge on any atom is -0.406 e. The minimum atomic E-state index is -4.81. The molecule has 0 aliphatic carbocycles. The summed E-state index contributed by atoms with van der Waals surface area (Å²) in [6.45, 7) is 1.66. The number of amides is 2. The zero-order valence-corrected chi connectivity index (χ0v) is 13.8. The summed E-state index contributed by atoms with van der Waals surface area (Å²) < 4.78 is 40.5. The molecule has 0 aromatic heterocycles. The number of rotatable bonds is 6. The third kappa shape index (κ3) is 6.46. The third-order valence-electron chi connectivity index (χ3n) is 3.26. The summed E-state index contributed by atoms with van der Waals surface area (Å²) >= 11 is 0. The van der Waals surface area contributed by atoms with Gasteiger partial charge in [-0.1, -0.05) is 24.3 Å². The quantitative estimate of drug-likeness (QED) is 0.819. The van der Waals surface area contributed by atoms with Crippen LogP contribution in [0.5, 0.6) is 5.75 Å². The highest BCUT2D eigenvalue weighted by atomic mass is 19.4. The van der Waals surface area contributed by atoms with Crippen LogP contribution in [0.3, 0.4) is 0 Å². The van der Waals surface area contributed by atoms with Gasteiger partial charge in [-0.2, -0.15) is 0 Å². The summed E-state index contributed by atoms with van der Waals surface area (Å²) in [7, 11) is 0. The van der Waals surface area contributed by atoms with Crippen molar-refractivity contribution in [2.75, 3.05) is 5.32 Å². The van der Waals surface area contributed by atoms with Crippen LogP contribution in [0.4, 0.5) is 18.9 Å². The maximum Gasteiger partial charge on any atom is 0.573 e. The van der Waals surface area contributed by atoms with Crippen LogP contribution in [0.1, 0.15) is 23.7 Å². The highest BCUT2D eigenvalue weighted by Crippen LogP contribution is 2.25. The Morgan fingerprint density at radius 3 is 2.42 bits per heavy atom. The van der Waals surface area contributed by atoms with Crippen LogP contribution < -0.4 is 15.4 Å². The molecule has 26 heavy (non-hydrogen) atoms. The van der Waals surface area contributed by atoms with E-state index in [1.807, 2.05) is 0 Å². The van der Waals surface area contributed by atoms with Crippen LogP contribution in [0.15, 0.2) is 54.6 Å². The van der Waals surface area contributed by atoms with Crippen molar-refractivity contribution in [2.24, 2.45) is 0 Å². The van der Waals surface area contributed by atoms with E-state index in [1.165, 1.54) is 12.1 Å². The predicted molar refractivity (Wildman–Crippen MR) is 89.7 cm³/mol. The van der Waals surface area contributed by atoms with Crippen LogP contribution in [-0.2, 0) is 4.79 Å². The summed E-state index contributed by atoms with van der Waals surface area (Å²) in [5, 5.41) is 5.16. The molecule has 0 aliphatic heterocycles. The molecule has 5 nitrogen and oxygen atoms in total. The van der Waals surface area contributed by atoms with E-state index in [0.717, 1.165) is 12.1 Å². The van der Waals surface area contributed by atoms with Gasteiger partial charge in [0.2, 0.25) is 5.91 Å². The molecule has 2 aromatic carbocycles. The number of hydrogen-bond acceptors (Lipinski definition) is 3. The van der Waals surface area contributed by atoms with Crippen molar-refractivity contribution in [1.82, 2.24) is 5.32 Å². The minimum absolute atomic E-state index is 0.0388. The Hall–Kier alpha value is -3.03. The second-order valence-corrected chi connectivity index (χ2v) is 5.57. The number of alkyl halides is 3. The summed E-state index contributed by atoms with van der Waals surface area (Å²) in [4.78, 5) is 24.0. The number of hydrogen-bond donors (Lipinski definition) is 2. The molecule has 0 saturated heterocycles. The smallest absolute Gasteiger partial charge is 0.406 e. The molecule has 1 atom stereocenters. The monoisotopic (exact) mass is 366 g/mol. The first-order valence-corrected chi connectivity index (χ1v) is 7.74. The van der Waals surface area contributed by atoms with Gasteiger partial charge in [-0.25, -0.2) is 0 Å². The normalized spacial score (nSPS) is 12.2. The summed E-state index contributed by atoms with van der Waals surface area (Å²) in [6, 6.07) is 13.0. The van der Waals surface area contributed by atoms with Crippen molar-refractivity contribution in [2.45, 2.75) is 25.7 Å². The van der Waals surface area contributed by atoms with Gasteiger partial charge in [0.15, 0.2) is 0 Å². The second kappa shape index (κ2) is 8.37. The van der Waals surface area contributed by atoms with Crippen LogP contribution in [-0.4, -0.2) is 24.2 Å². The lowest BCUT2D eigenvalue weighted by Gasteiger charge is -2.14. The van der Waals surface area contributed by atoms with Crippen molar-refractivity contribution in [1.29, 1.82) is 0 Å². The van der Waals surface area contributed by atoms with Crippen LogP contribution >= 0.6 is 0 Å². The van der Waals surface area contributed by atoms with Gasteiger partial charge < -0.3 is 15.4 Å². The number of benzene rings is 2. The summed E-state index contributed by atoms with van der Waals surface area (Å²) in [6.07, 6.45) is -4.85. The fourth-order valence-electron chi connectivity index (χ4n) is 2.21. The molecule has 8 heteroatoms. The molecule has 2 N–H and O–H groups in total. The first kappa shape index (κ1) is 19.3. The van der Waals surface area contributed by atoms with Gasteiger partial charge >= 0.3 is 6.36 Å². The van der Waals surface area contributed by atoms with E-state index in [-0.39, 0.29) is 18.0 Å². The zero-order chi connectivity index (χ0) is 19.2. The maximum atomic E-state index is 12.2. The summed E-state index contributed by atoms with van der Waals surface area (Å²) in [5.74, 6) is -1.19. The Kier molecular flexibility index (Phi) is 6.21. The highest BCUT2D eigenvalue weighted by Gasteiger charge is 2.31. The van der Waals surface area contributed by atoms with E-state index >= 15 is 0 Å². The molecular formula is C18H17F3N2O3. The van der Waals surface area contributed by atoms with E-state index in [2.05, 4.69) is 15.4 Å². The van der Waals surface area contributed by atoms with Crippen molar-refractivity contribution in [3.8, 4) is 5.75 Å². The number of halogens is 3. The molecule has 1 unspecified atom stereocenters. The maximum absolute atomic E-state index is 12.2. The van der Waals surface area contributed by atoms with Gasteiger partial charge in [-0.15, -0.1) is 13.2 Å². The van der Waals surface area contributed by atoms with Crippen molar-refractivity contribution in [3.05, 3.63) is 60.2 Å². The Morgan fingerprint density at radius 2 is 1.77 bits per heavy atom. The second-order valence-electron chi connectivity index (χ2n) is 5.57. The third-order valence-corrected chi connectivity index (χ3v) is 3.26. The topological polar surface area (TPSA) is 67.4 Å². The molecule has 2 amide bonds. The molecule has 2 aromatic rings. The number of carbonyl (C=O) groups excluding carboxylic acids is 2. The fraction of sp³-hybridized carbons (Fsp3) is 0.222. The molecule has 0 aliphatic rings. The van der Waals surface area contributed by atoms with E-state index in [4.69, 9.17) is 0 Å². The Morgan fingerprint density at radius 1 is 1.08 bits per heavy atom. The largest absolute Gasteiger partial charge is 0.573 e. The molecule has 0 fully saturated rings. The molecule has 0 saturated carbocycles. The lowest BCUT2D eigenvalue weighted by atomic mass is 10.1. The van der Waals surface area contributed by atoms with Gasteiger partial charge in [0.05, 0.1) is 0 Å². The standard InChI is InChI=1S/C18H17F3N2O3/c1-12(22-17(25)13-6-3-2-4-7-13)10-16(24)23-14-8-5-9-15(11-14)26-18(19,20)21/h2-9,11-12H,10H2,1H3,(H,22,25)(H,23,24). The molecule has 0 spiro atoms. The van der Waals surface area contributed by atoms with Crippen LogP contribution in [0, 0.1) is 0 Å². The van der Waals surface area contributed by atoms with Gasteiger partial charge in [-0.05, 0) is 31.2 Å². The van der Waals surface area contributed by atoms with E-state index in [0.29, 0.717) is 5.56 Å². The molecule has 0 radical (unpaired) electrons. The number of carbonyl (C=O) groups is 2. The first-order chi connectivity index (χ1) is 12.2. The van der Waals surface area contributed by atoms with Crippen LogP contribution in [0.25, 0.3) is 0 Å². The fourth-order valence-corrected chi connectivity index (χ4v) is 2.21. The predicted octanol–water partition coefficient (Wildman–Crippen LogP) is 3.73. The lowest BCUT2D eigenvalue weighted by Crippen LogP contribution is -2.35. The molecular weight excluding hydrogens is 349 g/mol. The molecule has 0 heterocycles. The summed E-state index contributed by atoms with van der Waals surface area (Å²) in [5.41, 5.74) is 0.634. The SMILES string of the molecule is CC(CC(=O)Nc1cccc(OC(F)(F)F)c1)NC(=O)c1ccccc1. The lowest BCUT2D eigenvalue weighted by molar-refractivity contribution is -0.274. The van der Waals surface area contributed by atoms with E-state index in [9.17, 15) is 22.8 Å². The number of ether oxygens (including phenoxy) is 1.